The second kappa shape index (κ2) is 7.64. The minimum Gasteiger partial charge on any atom is -0.375 e. The van der Waals surface area contributed by atoms with E-state index in [0.717, 1.165) is 5.56 Å². The normalized spacial score (nSPS) is 10.2. The second-order valence-corrected chi connectivity index (χ2v) is 5.10. The van der Waals surface area contributed by atoms with Gasteiger partial charge in [-0.25, -0.2) is 0 Å². The van der Waals surface area contributed by atoms with Crippen molar-refractivity contribution in [2.75, 3.05) is 13.2 Å². The lowest BCUT2D eigenvalue weighted by atomic mass is 10.2. The summed E-state index contributed by atoms with van der Waals surface area (Å²) in [6.45, 7) is 2.94. The molecular formula is C16H16ClN3O2. The van der Waals surface area contributed by atoms with Gasteiger partial charge in [0, 0.05) is 12.2 Å². The Morgan fingerprint density at radius 3 is 2.82 bits per heavy atom. The number of ether oxygens (including phenoxy) is 1. The first-order chi connectivity index (χ1) is 10.6. The summed E-state index contributed by atoms with van der Waals surface area (Å²) in [6, 6.07) is 11.7. The van der Waals surface area contributed by atoms with Crippen molar-refractivity contribution in [2.45, 2.75) is 13.5 Å². The molecule has 1 aromatic heterocycles. The number of aryl methyl sites for hydroxylation is 1. The Morgan fingerprint density at radius 2 is 2.14 bits per heavy atom. The fourth-order valence-electron chi connectivity index (χ4n) is 1.97. The summed E-state index contributed by atoms with van der Waals surface area (Å²) in [5.41, 5.74) is 2.03. The SMILES string of the molecule is Cc1[nH]c(C(=O)NCCOCc2ccccc2)c(C#N)c1Cl. The van der Waals surface area contributed by atoms with Crippen LogP contribution in [0.2, 0.25) is 5.02 Å². The average molecular weight is 318 g/mol. The van der Waals surface area contributed by atoms with E-state index in [9.17, 15) is 4.79 Å². The maximum atomic E-state index is 12.0. The fourth-order valence-corrected chi connectivity index (χ4v) is 2.15. The number of H-pyrrole nitrogens is 1. The molecule has 0 bridgehead atoms. The molecule has 6 heteroatoms. The number of hydrogen-bond donors (Lipinski definition) is 2. The molecule has 0 aliphatic heterocycles. The highest BCUT2D eigenvalue weighted by Gasteiger charge is 2.18. The Hall–Kier alpha value is -2.29. The number of carbonyl (C=O) groups excluding carboxylic acids is 1. The van der Waals surface area contributed by atoms with Gasteiger partial charge in [-0.3, -0.25) is 4.79 Å². The zero-order valence-electron chi connectivity index (χ0n) is 12.1. The van der Waals surface area contributed by atoms with Gasteiger partial charge in [-0.15, -0.1) is 0 Å². The molecule has 2 rings (SSSR count). The number of aromatic amines is 1. The Kier molecular flexibility index (Phi) is 5.59. The smallest absolute Gasteiger partial charge is 0.269 e. The summed E-state index contributed by atoms with van der Waals surface area (Å²) in [4.78, 5) is 14.8. The number of hydrogen-bond acceptors (Lipinski definition) is 3. The van der Waals surface area contributed by atoms with E-state index in [0.29, 0.717) is 25.5 Å². The predicted octanol–water partition coefficient (Wildman–Crippen LogP) is 2.79. The molecular weight excluding hydrogens is 302 g/mol. The predicted molar refractivity (Wildman–Crippen MR) is 83.7 cm³/mol. The highest BCUT2D eigenvalue weighted by Crippen LogP contribution is 2.23. The number of halogens is 1. The minimum absolute atomic E-state index is 0.168. The molecule has 1 heterocycles. The number of benzene rings is 1. The van der Waals surface area contributed by atoms with Crippen LogP contribution in [0.15, 0.2) is 30.3 Å². The lowest BCUT2D eigenvalue weighted by Gasteiger charge is -2.06. The van der Waals surface area contributed by atoms with E-state index in [1.54, 1.807) is 6.92 Å². The molecule has 0 aliphatic rings. The van der Waals surface area contributed by atoms with Gasteiger partial charge in [0.1, 0.15) is 17.3 Å². The van der Waals surface area contributed by atoms with Crippen molar-refractivity contribution < 1.29 is 9.53 Å². The van der Waals surface area contributed by atoms with Crippen LogP contribution in [-0.2, 0) is 11.3 Å². The highest BCUT2D eigenvalue weighted by atomic mass is 35.5. The van der Waals surface area contributed by atoms with Gasteiger partial charge in [0.25, 0.3) is 5.91 Å². The molecule has 2 N–H and O–H groups in total. The van der Waals surface area contributed by atoms with Crippen molar-refractivity contribution in [1.29, 1.82) is 5.26 Å². The highest BCUT2D eigenvalue weighted by molar-refractivity contribution is 6.33. The number of nitrogens with zero attached hydrogens (tertiary/aromatic N) is 1. The van der Waals surface area contributed by atoms with E-state index in [-0.39, 0.29) is 22.2 Å². The summed E-state index contributed by atoms with van der Waals surface area (Å²) in [6.07, 6.45) is 0. The van der Waals surface area contributed by atoms with Crippen molar-refractivity contribution in [1.82, 2.24) is 10.3 Å². The molecule has 0 radical (unpaired) electrons. The molecule has 0 atom stereocenters. The van der Waals surface area contributed by atoms with Gasteiger partial charge in [0.2, 0.25) is 0 Å². The molecule has 0 saturated heterocycles. The van der Waals surface area contributed by atoms with Gasteiger partial charge in [-0.05, 0) is 12.5 Å². The van der Waals surface area contributed by atoms with E-state index >= 15 is 0 Å². The molecule has 0 spiro atoms. The molecule has 1 aromatic carbocycles. The van der Waals surface area contributed by atoms with E-state index in [1.807, 2.05) is 36.4 Å². The van der Waals surface area contributed by atoms with Crippen LogP contribution in [0, 0.1) is 18.3 Å². The van der Waals surface area contributed by atoms with Gasteiger partial charge in [0.05, 0.1) is 18.2 Å². The maximum Gasteiger partial charge on any atom is 0.269 e. The van der Waals surface area contributed by atoms with Crippen LogP contribution in [0.4, 0.5) is 0 Å². The molecule has 114 valence electrons. The monoisotopic (exact) mass is 317 g/mol. The fraction of sp³-hybridized carbons (Fsp3) is 0.250. The molecule has 0 aliphatic carbocycles. The Balaban J connectivity index is 1.79. The number of nitriles is 1. The van der Waals surface area contributed by atoms with Crippen LogP contribution in [0.25, 0.3) is 0 Å². The molecule has 0 unspecified atom stereocenters. The van der Waals surface area contributed by atoms with Gasteiger partial charge >= 0.3 is 0 Å². The third kappa shape index (κ3) is 3.88. The molecule has 0 saturated carbocycles. The Bertz CT molecular complexity index is 689. The van der Waals surface area contributed by atoms with E-state index < -0.39 is 0 Å². The summed E-state index contributed by atoms with van der Waals surface area (Å²) in [5, 5.41) is 12.0. The summed E-state index contributed by atoms with van der Waals surface area (Å²) < 4.78 is 5.48. The molecule has 2 aromatic rings. The van der Waals surface area contributed by atoms with Crippen LogP contribution >= 0.6 is 11.6 Å². The molecule has 0 fully saturated rings. The van der Waals surface area contributed by atoms with Crippen molar-refractivity contribution in [3.63, 3.8) is 0 Å². The third-order valence-corrected chi connectivity index (χ3v) is 3.57. The summed E-state index contributed by atoms with van der Waals surface area (Å²) in [7, 11) is 0. The maximum absolute atomic E-state index is 12.0. The first kappa shape index (κ1) is 16.1. The number of carbonyl (C=O) groups is 1. The lowest BCUT2D eigenvalue weighted by Crippen LogP contribution is -2.28. The summed E-state index contributed by atoms with van der Waals surface area (Å²) in [5.74, 6) is -0.366. The van der Waals surface area contributed by atoms with E-state index in [4.69, 9.17) is 21.6 Å². The topological polar surface area (TPSA) is 77.9 Å². The van der Waals surface area contributed by atoms with Crippen LogP contribution in [0.1, 0.15) is 27.3 Å². The van der Waals surface area contributed by atoms with Gasteiger partial charge in [-0.2, -0.15) is 5.26 Å². The van der Waals surface area contributed by atoms with Gasteiger partial charge in [-0.1, -0.05) is 41.9 Å². The summed E-state index contributed by atoms with van der Waals surface area (Å²) >= 11 is 5.95. The Labute approximate surface area is 133 Å². The molecule has 22 heavy (non-hydrogen) atoms. The van der Waals surface area contributed by atoms with Crippen LogP contribution in [0.5, 0.6) is 0 Å². The number of rotatable bonds is 6. The largest absolute Gasteiger partial charge is 0.375 e. The van der Waals surface area contributed by atoms with E-state index in [1.165, 1.54) is 0 Å². The minimum atomic E-state index is -0.366. The molecule has 5 nitrogen and oxygen atoms in total. The average Bonchev–Trinajstić information content (AvgIpc) is 2.83. The Morgan fingerprint density at radius 1 is 1.41 bits per heavy atom. The number of nitrogens with one attached hydrogen (secondary N) is 2. The number of amides is 1. The van der Waals surface area contributed by atoms with Gasteiger partial charge < -0.3 is 15.0 Å². The van der Waals surface area contributed by atoms with Crippen LogP contribution < -0.4 is 5.32 Å². The zero-order valence-corrected chi connectivity index (χ0v) is 12.9. The third-order valence-electron chi connectivity index (χ3n) is 3.09. The van der Waals surface area contributed by atoms with Crippen molar-refractivity contribution in [3.8, 4) is 6.07 Å². The van der Waals surface area contributed by atoms with Crippen molar-refractivity contribution in [3.05, 3.63) is 57.9 Å². The standard InChI is InChI=1S/C16H16ClN3O2/c1-11-14(17)13(9-18)15(20-11)16(21)19-7-8-22-10-12-5-3-2-4-6-12/h2-6,20H,7-8,10H2,1H3,(H,19,21). The second-order valence-electron chi connectivity index (χ2n) is 4.72. The van der Waals surface area contributed by atoms with Crippen LogP contribution in [0.3, 0.4) is 0 Å². The molecule has 1 amide bonds. The lowest BCUT2D eigenvalue weighted by molar-refractivity contribution is 0.0896. The first-order valence-electron chi connectivity index (χ1n) is 6.81. The van der Waals surface area contributed by atoms with Crippen molar-refractivity contribution in [2.24, 2.45) is 0 Å². The quantitative estimate of drug-likeness (QED) is 0.804. The van der Waals surface area contributed by atoms with Crippen LogP contribution in [-0.4, -0.2) is 24.0 Å². The van der Waals surface area contributed by atoms with Crippen molar-refractivity contribution >= 4 is 17.5 Å². The number of aromatic nitrogens is 1. The van der Waals surface area contributed by atoms with Gasteiger partial charge in [0.15, 0.2) is 0 Å². The van der Waals surface area contributed by atoms with E-state index in [2.05, 4.69) is 10.3 Å². The zero-order chi connectivity index (χ0) is 15.9. The first-order valence-corrected chi connectivity index (χ1v) is 7.19.